The van der Waals surface area contributed by atoms with Gasteiger partial charge in [0.15, 0.2) is 5.82 Å². The summed E-state index contributed by atoms with van der Waals surface area (Å²) in [6.07, 6.45) is 2.21. The van der Waals surface area contributed by atoms with E-state index in [1.807, 2.05) is 12.1 Å². The summed E-state index contributed by atoms with van der Waals surface area (Å²) in [4.78, 5) is 9.71. The van der Waals surface area contributed by atoms with Gasteiger partial charge >= 0.3 is 0 Å². The molecule has 3 aromatic rings. The molecule has 0 saturated heterocycles. The molecule has 2 N–H and O–H groups in total. The van der Waals surface area contributed by atoms with Crippen LogP contribution in [0.1, 0.15) is 0 Å². The van der Waals surface area contributed by atoms with Gasteiger partial charge in [0.2, 0.25) is 6.41 Å². The average molecular weight is 265 g/mol. The molecule has 0 aliphatic heterocycles. The van der Waals surface area contributed by atoms with Crippen LogP contribution in [0.4, 0.5) is 5.82 Å². The molecular weight excluding hydrogens is 250 g/mol. The van der Waals surface area contributed by atoms with Gasteiger partial charge in [0.25, 0.3) is 0 Å². The summed E-state index contributed by atoms with van der Waals surface area (Å²) in [5.74, 6) is 0.542. The highest BCUT2D eigenvalue weighted by atomic mass is 16.1. The van der Waals surface area contributed by atoms with Gasteiger partial charge in [0, 0.05) is 12.3 Å². The predicted octanol–water partition coefficient (Wildman–Crippen LogP) is 3.33. The maximum atomic E-state index is 9.71. The van der Waals surface area contributed by atoms with Crippen LogP contribution in [-0.4, -0.2) is 16.6 Å². The lowest BCUT2D eigenvalue weighted by Gasteiger charge is -1.98. The molecule has 0 aliphatic carbocycles. The standard InChI is InChI=1S/C12H10.C4H5N3O/c1-3-7-11(8-4-1)12-9-5-2-6-10-12;8-3-5-4-1-2-6-7-4/h1-10H;1-3H,(H2,5,6,7,8). The minimum Gasteiger partial charge on any atom is -0.312 e. The number of rotatable bonds is 3. The predicted molar refractivity (Wildman–Crippen MR) is 80.2 cm³/mol. The quantitative estimate of drug-likeness (QED) is 0.714. The molecule has 1 aromatic heterocycles. The van der Waals surface area contributed by atoms with E-state index in [4.69, 9.17) is 0 Å². The zero-order chi connectivity index (χ0) is 14.0. The zero-order valence-corrected chi connectivity index (χ0v) is 10.9. The molecule has 0 spiro atoms. The van der Waals surface area contributed by atoms with Gasteiger partial charge in [-0.3, -0.25) is 9.89 Å². The Morgan fingerprint density at radius 3 is 1.80 bits per heavy atom. The van der Waals surface area contributed by atoms with E-state index in [9.17, 15) is 4.79 Å². The SMILES string of the molecule is O=CNc1cc[nH]n1.c1ccc(-c2ccccc2)cc1. The maximum Gasteiger partial charge on any atom is 0.212 e. The first-order valence-electron chi connectivity index (χ1n) is 6.20. The van der Waals surface area contributed by atoms with Crippen LogP contribution in [0.25, 0.3) is 11.1 Å². The first-order valence-corrected chi connectivity index (χ1v) is 6.20. The molecule has 0 atom stereocenters. The normalized spacial score (nSPS) is 9.20. The number of carbonyl (C=O) groups is 1. The maximum absolute atomic E-state index is 9.71. The van der Waals surface area contributed by atoms with Crippen LogP contribution in [0.3, 0.4) is 0 Å². The molecule has 0 fully saturated rings. The second-order valence-corrected chi connectivity index (χ2v) is 3.95. The summed E-state index contributed by atoms with van der Waals surface area (Å²) in [5, 5.41) is 8.55. The number of amides is 1. The monoisotopic (exact) mass is 265 g/mol. The smallest absolute Gasteiger partial charge is 0.212 e. The van der Waals surface area contributed by atoms with Crippen LogP contribution in [0.15, 0.2) is 72.9 Å². The van der Waals surface area contributed by atoms with Crippen LogP contribution in [0, 0.1) is 0 Å². The highest BCUT2D eigenvalue weighted by Crippen LogP contribution is 2.17. The van der Waals surface area contributed by atoms with Gasteiger partial charge in [-0.25, -0.2) is 0 Å². The Kier molecular flexibility index (Phi) is 5.10. The van der Waals surface area contributed by atoms with Crippen molar-refractivity contribution in [1.29, 1.82) is 0 Å². The Hall–Kier alpha value is -2.88. The van der Waals surface area contributed by atoms with Crippen LogP contribution in [-0.2, 0) is 4.79 Å². The lowest BCUT2D eigenvalue weighted by atomic mass is 10.1. The Morgan fingerprint density at radius 1 is 0.850 bits per heavy atom. The van der Waals surface area contributed by atoms with Gasteiger partial charge in [0.1, 0.15) is 0 Å². The third-order valence-corrected chi connectivity index (χ3v) is 2.59. The van der Waals surface area contributed by atoms with E-state index >= 15 is 0 Å². The Labute approximate surface area is 117 Å². The third kappa shape index (κ3) is 4.10. The van der Waals surface area contributed by atoms with E-state index in [1.165, 1.54) is 11.1 Å². The second kappa shape index (κ2) is 7.53. The lowest BCUT2D eigenvalue weighted by molar-refractivity contribution is -0.105. The molecule has 20 heavy (non-hydrogen) atoms. The highest BCUT2D eigenvalue weighted by Gasteiger charge is 1.91. The molecule has 0 saturated carbocycles. The van der Waals surface area contributed by atoms with E-state index in [-0.39, 0.29) is 0 Å². The number of anilines is 1. The van der Waals surface area contributed by atoms with Crippen molar-refractivity contribution in [2.75, 3.05) is 5.32 Å². The minimum atomic E-state index is 0.542. The van der Waals surface area contributed by atoms with Crippen LogP contribution >= 0.6 is 0 Å². The van der Waals surface area contributed by atoms with Crippen molar-refractivity contribution in [2.24, 2.45) is 0 Å². The van der Waals surface area contributed by atoms with Crippen LogP contribution in [0.5, 0.6) is 0 Å². The lowest BCUT2D eigenvalue weighted by Crippen LogP contribution is -1.92. The van der Waals surface area contributed by atoms with Crippen LogP contribution < -0.4 is 5.32 Å². The summed E-state index contributed by atoms with van der Waals surface area (Å²) >= 11 is 0. The summed E-state index contributed by atoms with van der Waals surface area (Å²) in [6.45, 7) is 0. The number of aromatic nitrogens is 2. The molecule has 100 valence electrons. The molecule has 1 amide bonds. The number of nitrogens with one attached hydrogen (secondary N) is 2. The van der Waals surface area contributed by atoms with Gasteiger partial charge in [0.05, 0.1) is 0 Å². The summed E-state index contributed by atoms with van der Waals surface area (Å²) in [5.41, 5.74) is 2.55. The molecule has 3 rings (SSSR count). The first-order chi connectivity index (χ1) is 9.90. The molecule has 0 aliphatic rings. The average Bonchev–Trinajstić information content (AvgIpc) is 3.03. The fourth-order valence-corrected chi connectivity index (χ4v) is 1.66. The largest absolute Gasteiger partial charge is 0.312 e. The molecular formula is C16H15N3O. The van der Waals surface area contributed by atoms with Gasteiger partial charge in [-0.1, -0.05) is 60.7 Å². The highest BCUT2D eigenvalue weighted by molar-refractivity contribution is 5.68. The van der Waals surface area contributed by atoms with Crippen molar-refractivity contribution in [3.8, 4) is 11.1 Å². The van der Waals surface area contributed by atoms with Crippen molar-refractivity contribution in [1.82, 2.24) is 10.2 Å². The van der Waals surface area contributed by atoms with Gasteiger partial charge in [-0.05, 0) is 11.1 Å². The molecule has 2 aromatic carbocycles. The minimum absolute atomic E-state index is 0.542. The molecule has 1 heterocycles. The van der Waals surface area contributed by atoms with E-state index in [2.05, 4.69) is 64.0 Å². The number of hydrogen-bond acceptors (Lipinski definition) is 2. The van der Waals surface area contributed by atoms with Crippen molar-refractivity contribution < 1.29 is 4.79 Å². The second-order valence-electron chi connectivity index (χ2n) is 3.95. The number of aromatic amines is 1. The topological polar surface area (TPSA) is 57.8 Å². The fourth-order valence-electron chi connectivity index (χ4n) is 1.66. The zero-order valence-electron chi connectivity index (χ0n) is 10.9. The first kappa shape index (κ1) is 13.5. The molecule has 0 radical (unpaired) electrons. The van der Waals surface area contributed by atoms with Crippen molar-refractivity contribution in [2.45, 2.75) is 0 Å². The van der Waals surface area contributed by atoms with Crippen molar-refractivity contribution >= 4 is 12.2 Å². The molecule has 0 bridgehead atoms. The number of hydrogen-bond donors (Lipinski definition) is 2. The number of H-pyrrole nitrogens is 1. The number of nitrogens with zero attached hydrogens (tertiary/aromatic N) is 1. The summed E-state index contributed by atoms with van der Waals surface area (Å²) in [6, 6.07) is 22.4. The molecule has 4 heteroatoms. The Bertz CT molecular complexity index is 569. The molecule has 4 nitrogen and oxygen atoms in total. The third-order valence-electron chi connectivity index (χ3n) is 2.59. The van der Waals surface area contributed by atoms with E-state index in [0.717, 1.165) is 0 Å². The Morgan fingerprint density at radius 2 is 1.40 bits per heavy atom. The van der Waals surface area contributed by atoms with Crippen molar-refractivity contribution in [3.63, 3.8) is 0 Å². The van der Waals surface area contributed by atoms with E-state index < -0.39 is 0 Å². The van der Waals surface area contributed by atoms with Gasteiger partial charge < -0.3 is 5.32 Å². The van der Waals surface area contributed by atoms with E-state index in [0.29, 0.717) is 12.2 Å². The summed E-state index contributed by atoms with van der Waals surface area (Å²) < 4.78 is 0. The summed E-state index contributed by atoms with van der Waals surface area (Å²) in [7, 11) is 0. The number of carbonyl (C=O) groups excluding carboxylic acids is 1. The molecule has 0 unspecified atom stereocenters. The number of benzene rings is 2. The van der Waals surface area contributed by atoms with E-state index in [1.54, 1.807) is 12.3 Å². The van der Waals surface area contributed by atoms with Gasteiger partial charge in [-0.2, -0.15) is 5.10 Å². The Balaban J connectivity index is 0.000000160. The van der Waals surface area contributed by atoms with Crippen LogP contribution in [0.2, 0.25) is 0 Å². The van der Waals surface area contributed by atoms with Gasteiger partial charge in [-0.15, -0.1) is 0 Å². The fraction of sp³-hybridized carbons (Fsp3) is 0. The van der Waals surface area contributed by atoms with Crippen molar-refractivity contribution in [3.05, 3.63) is 72.9 Å².